The fourth-order valence-electron chi connectivity index (χ4n) is 2.81. The molecule has 2 atom stereocenters. The lowest BCUT2D eigenvalue weighted by atomic mass is 10.1. The van der Waals surface area contributed by atoms with Gasteiger partial charge in [0.05, 0.1) is 24.0 Å². The molecule has 0 unspecified atom stereocenters. The smallest absolute Gasteiger partial charge is 0.233 e. The zero-order valence-corrected chi connectivity index (χ0v) is 14.6. The van der Waals surface area contributed by atoms with E-state index in [-0.39, 0.29) is 28.9 Å². The molecule has 3 rings (SSSR count). The molecular formula is C17H18ClN5O2. The van der Waals surface area contributed by atoms with Crippen LogP contribution < -0.4 is 10.2 Å². The zero-order chi connectivity index (χ0) is 18.0. The van der Waals surface area contributed by atoms with Gasteiger partial charge in [0.15, 0.2) is 5.15 Å². The number of rotatable bonds is 4. The molecule has 1 aliphatic carbocycles. The molecule has 1 aliphatic rings. The van der Waals surface area contributed by atoms with E-state index in [2.05, 4.69) is 15.4 Å². The molecular weight excluding hydrogens is 342 g/mol. The first-order chi connectivity index (χ1) is 12.0. The van der Waals surface area contributed by atoms with E-state index in [4.69, 9.17) is 11.6 Å². The number of carbonyl (C=O) groups is 2. The maximum Gasteiger partial charge on any atom is 0.233 e. The van der Waals surface area contributed by atoms with Crippen LogP contribution in [0.2, 0.25) is 5.15 Å². The van der Waals surface area contributed by atoms with Crippen molar-refractivity contribution in [1.82, 2.24) is 20.1 Å². The Morgan fingerprint density at radius 3 is 2.88 bits per heavy atom. The van der Waals surface area contributed by atoms with E-state index >= 15 is 0 Å². The highest BCUT2D eigenvalue weighted by atomic mass is 35.5. The van der Waals surface area contributed by atoms with Crippen molar-refractivity contribution in [3.8, 4) is 5.69 Å². The van der Waals surface area contributed by atoms with Crippen LogP contribution in [-0.4, -0.2) is 39.7 Å². The third-order valence-electron chi connectivity index (χ3n) is 4.04. The Morgan fingerprint density at radius 1 is 1.40 bits per heavy atom. The molecule has 0 spiro atoms. The molecule has 130 valence electrons. The van der Waals surface area contributed by atoms with Gasteiger partial charge in [0.25, 0.3) is 0 Å². The molecule has 0 saturated carbocycles. The fourth-order valence-corrected chi connectivity index (χ4v) is 3.06. The third-order valence-corrected chi connectivity index (χ3v) is 4.31. The van der Waals surface area contributed by atoms with Gasteiger partial charge in [-0.25, -0.2) is 4.68 Å². The van der Waals surface area contributed by atoms with Crippen LogP contribution in [0.4, 0.5) is 5.69 Å². The normalized spacial score (nSPS) is 19.0. The van der Waals surface area contributed by atoms with E-state index in [1.807, 2.05) is 18.2 Å². The van der Waals surface area contributed by atoms with Crippen molar-refractivity contribution >= 4 is 29.1 Å². The maximum absolute atomic E-state index is 12.7. The molecule has 0 aliphatic heterocycles. The largest absolute Gasteiger partial charge is 0.350 e. The first kappa shape index (κ1) is 17.2. The van der Waals surface area contributed by atoms with Gasteiger partial charge >= 0.3 is 0 Å². The summed E-state index contributed by atoms with van der Waals surface area (Å²) in [5.41, 5.74) is 1.27. The summed E-state index contributed by atoms with van der Waals surface area (Å²) < 4.78 is 1.58. The number of aromatic nitrogens is 3. The molecule has 2 amide bonds. The molecule has 7 nitrogen and oxygen atoms in total. The topological polar surface area (TPSA) is 80.1 Å². The lowest BCUT2D eigenvalue weighted by molar-refractivity contribution is -0.122. The van der Waals surface area contributed by atoms with Crippen LogP contribution in [0, 0.1) is 5.92 Å². The van der Waals surface area contributed by atoms with Crippen LogP contribution in [0.25, 0.3) is 5.69 Å². The van der Waals surface area contributed by atoms with E-state index < -0.39 is 0 Å². The minimum Gasteiger partial charge on any atom is -0.350 e. The van der Waals surface area contributed by atoms with E-state index in [1.54, 1.807) is 36.4 Å². The first-order valence-electron chi connectivity index (χ1n) is 7.84. The van der Waals surface area contributed by atoms with Gasteiger partial charge in [-0.15, -0.1) is 0 Å². The van der Waals surface area contributed by atoms with Crippen molar-refractivity contribution < 1.29 is 9.59 Å². The van der Waals surface area contributed by atoms with Gasteiger partial charge in [-0.05, 0) is 18.6 Å². The summed E-state index contributed by atoms with van der Waals surface area (Å²) >= 11 is 6.22. The average Bonchev–Trinajstić information content (AvgIpc) is 3.20. The molecule has 0 bridgehead atoms. The molecule has 0 saturated heterocycles. The van der Waals surface area contributed by atoms with Crippen molar-refractivity contribution in [3.63, 3.8) is 0 Å². The van der Waals surface area contributed by atoms with E-state index in [9.17, 15) is 9.59 Å². The number of nitrogens with zero attached hydrogens (tertiary/aromatic N) is 4. The van der Waals surface area contributed by atoms with Crippen molar-refractivity contribution in [1.29, 1.82) is 0 Å². The first-order valence-corrected chi connectivity index (χ1v) is 8.22. The minimum absolute atomic E-state index is 0.100. The van der Waals surface area contributed by atoms with Gasteiger partial charge < -0.3 is 10.2 Å². The summed E-state index contributed by atoms with van der Waals surface area (Å²) in [7, 11) is 1.67. The van der Waals surface area contributed by atoms with Gasteiger partial charge in [0, 0.05) is 26.2 Å². The quantitative estimate of drug-likeness (QED) is 0.846. The van der Waals surface area contributed by atoms with Crippen molar-refractivity contribution in [2.75, 3.05) is 11.9 Å². The summed E-state index contributed by atoms with van der Waals surface area (Å²) in [6.45, 7) is 1.46. The summed E-state index contributed by atoms with van der Waals surface area (Å²) in [6, 6.07) is 3.53. The number of hydrogen-bond donors (Lipinski definition) is 1. The van der Waals surface area contributed by atoms with Gasteiger partial charge in [0.1, 0.15) is 5.69 Å². The highest BCUT2D eigenvalue weighted by molar-refractivity contribution is 6.32. The fraction of sp³-hybridized carbons (Fsp3) is 0.294. The van der Waals surface area contributed by atoms with E-state index in [0.29, 0.717) is 12.1 Å². The minimum atomic E-state index is -0.306. The monoisotopic (exact) mass is 359 g/mol. The predicted molar refractivity (Wildman–Crippen MR) is 94.6 cm³/mol. The number of amides is 2. The Labute approximate surface area is 150 Å². The molecule has 2 heterocycles. The molecule has 0 aromatic carbocycles. The molecule has 0 radical (unpaired) electrons. The SMILES string of the molecule is CC(=O)N[C@@H]1C=C[C@H](C(=O)N(C)c2cn(-c3cccnc3)nc2Cl)C1. The molecule has 0 fully saturated rings. The Hall–Kier alpha value is -2.67. The predicted octanol–water partition coefficient (Wildman–Crippen LogP) is 1.96. The molecule has 2 aromatic rings. The van der Waals surface area contributed by atoms with Crippen LogP contribution >= 0.6 is 11.6 Å². The Bertz CT molecular complexity index is 818. The van der Waals surface area contributed by atoms with Crippen LogP contribution in [0.1, 0.15) is 13.3 Å². The van der Waals surface area contributed by atoms with Gasteiger partial charge in [-0.2, -0.15) is 5.10 Å². The highest BCUT2D eigenvalue weighted by Crippen LogP contribution is 2.28. The second-order valence-corrected chi connectivity index (χ2v) is 6.25. The third kappa shape index (κ3) is 3.71. The lowest BCUT2D eigenvalue weighted by Crippen LogP contribution is -2.35. The highest BCUT2D eigenvalue weighted by Gasteiger charge is 2.29. The maximum atomic E-state index is 12.7. The Morgan fingerprint density at radius 2 is 2.20 bits per heavy atom. The van der Waals surface area contributed by atoms with E-state index in [1.165, 1.54) is 11.8 Å². The summed E-state index contributed by atoms with van der Waals surface area (Å²) in [6.07, 6.45) is 9.23. The second-order valence-electron chi connectivity index (χ2n) is 5.89. The standard InChI is InChI=1S/C17H18ClN5O2/c1-11(24)20-13-6-5-12(8-13)17(25)22(2)15-10-23(21-16(15)18)14-4-3-7-19-9-14/h3-7,9-10,12-13H,8H2,1-2H3,(H,20,24)/t12-,13+/m0/s1. The number of nitrogens with one attached hydrogen (secondary N) is 1. The van der Waals surface area contributed by atoms with Crippen molar-refractivity contribution in [3.05, 3.63) is 48.0 Å². The van der Waals surface area contributed by atoms with Gasteiger partial charge in [0.2, 0.25) is 11.8 Å². The molecule has 25 heavy (non-hydrogen) atoms. The summed E-state index contributed by atoms with van der Waals surface area (Å²) in [5.74, 6) is -0.520. The number of anilines is 1. The molecule has 2 aromatic heterocycles. The number of hydrogen-bond acceptors (Lipinski definition) is 4. The average molecular weight is 360 g/mol. The Balaban J connectivity index is 1.74. The second kappa shape index (κ2) is 7.06. The van der Waals surface area contributed by atoms with E-state index in [0.717, 1.165) is 5.69 Å². The summed E-state index contributed by atoms with van der Waals surface area (Å²) in [5, 5.41) is 7.27. The number of halogens is 1. The van der Waals surface area contributed by atoms with Gasteiger partial charge in [-0.1, -0.05) is 23.8 Å². The summed E-state index contributed by atoms with van der Waals surface area (Å²) in [4.78, 5) is 29.4. The van der Waals surface area contributed by atoms with Crippen LogP contribution in [0.3, 0.4) is 0 Å². The zero-order valence-electron chi connectivity index (χ0n) is 13.9. The van der Waals surface area contributed by atoms with Crippen LogP contribution in [0.5, 0.6) is 0 Å². The molecule has 8 heteroatoms. The number of carbonyl (C=O) groups excluding carboxylic acids is 2. The number of pyridine rings is 1. The van der Waals surface area contributed by atoms with Crippen molar-refractivity contribution in [2.45, 2.75) is 19.4 Å². The molecule has 1 N–H and O–H groups in total. The lowest BCUT2D eigenvalue weighted by Gasteiger charge is -2.20. The van der Waals surface area contributed by atoms with Gasteiger partial charge in [-0.3, -0.25) is 14.6 Å². The van der Waals surface area contributed by atoms with Crippen molar-refractivity contribution in [2.24, 2.45) is 5.92 Å². The Kier molecular flexibility index (Phi) is 4.85. The van der Waals surface area contributed by atoms with Crippen LogP contribution in [0.15, 0.2) is 42.9 Å². The van der Waals surface area contributed by atoms with Crippen LogP contribution in [-0.2, 0) is 9.59 Å².